The molecule has 36 heavy (non-hydrogen) atoms. The van der Waals surface area contributed by atoms with Crippen molar-refractivity contribution >= 4 is 42.6 Å². The first-order chi connectivity index (χ1) is 17.4. The number of hydrogen-bond donors (Lipinski definition) is 0. The van der Waals surface area contributed by atoms with Crippen molar-refractivity contribution in [2.45, 2.75) is 36.7 Å². The monoisotopic (exact) mass is 533 g/mol. The van der Waals surface area contributed by atoms with E-state index in [-0.39, 0.29) is 35.9 Å². The van der Waals surface area contributed by atoms with Crippen LogP contribution < -0.4 is 9.64 Å². The summed E-state index contributed by atoms with van der Waals surface area (Å²) in [5.74, 6) is -0.497. The van der Waals surface area contributed by atoms with Gasteiger partial charge in [0.1, 0.15) is 16.5 Å². The Morgan fingerprint density at radius 1 is 1.22 bits per heavy atom. The number of carbonyl (C=O) groups excluding carboxylic acids is 1. The molecule has 8 nitrogen and oxygen atoms in total. The van der Waals surface area contributed by atoms with Crippen LogP contribution in [0.4, 0.5) is 9.52 Å². The van der Waals surface area contributed by atoms with E-state index in [1.54, 1.807) is 12.0 Å². The van der Waals surface area contributed by atoms with Crippen LogP contribution in [0.2, 0.25) is 0 Å². The Balaban J connectivity index is 1.35. The molecule has 2 aliphatic rings. The third kappa shape index (κ3) is 4.97. The van der Waals surface area contributed by atoms with Gasteiger partial charge in [0, 0.05) is 25.6 Å². The smallest absolute Gasteiger partial charge is 0.245 e. The summed E-state index contributed by atoms with van der Waals surface area (Å²) in [5.41, 5.74) is 0.784. The second kappa shape index (κ2) is 10.4. The number of aromatic nitrogens is 1. The van der Waals surface area contributed by atoms with E-state index in [9.17, 15) is 17.6 Å². The number of anilines is 1. The van der Waals surface area contributed by atoms with Crippen molar-refractivity contribution in [3.63, 3.8) is 0 Å². The van der Waals surface area contributed by atoms with Crippen LogP contribution in [0.1, 0.15) is 25.7 Å². The fraction of sp³-hybridized carbons (Fsp3) is 0.440. The molecule has 0 radical (unpaired) electrons. The molecule has 1 atom stereocenters. The maximum absolute atomic E-state index is 14.2. The number of nitrogens with zero attached hydrogens (tertiary/aromatic N) is 3. The van der Waals surface area contributed by atoms with Crippen molar-refractivity contribution in [3.05, 3.63) is 48.3 Å². The van der Waals surface area contributed by atoms with Crippen LogP contribution in [-0.4, -0.2) is 63.1 Å². The van der Waals surface area contributed by atoms with Crippen LogP contribution in [0.25, 0.3) is 10.2 Å². The third-order valence-corrected chi connectivity index (χ3v) is 9.72. The van der Waals surface area contributed by atoms with Gasteiger partial charge in [0.25, 0.3) is 0 Å². The first-order valence-electron chi connectivity index (χ1n) is 12.0. The van der Waals surface area contributed by atoms with Crippen LogP contribution in [-0.2, 0) is 19.6 Å². The number of amides is 1. The number of carbonyl (C=O) groups is 1. The van der Waals surface area contributed by atoms with Crippen LogP contribution in [0.3, 0.4) is 0 Å². The second-order valence-electron chi connectivity index (χ2n) is 9.02. The predicted octanol–water partition coefficient (Wildman–Crippen LogP) is 4.06. The van der Waals surface area contributed by atoms with E-state index in [1.807, 2.05) is 18.2 Å². The van der Waals surface area contributed by atoms with Gasteiger partial charge in [-0.2, -0.15) is 4.31 Å². The molecule has 0 spiro atoms. The summed E-state index contributed by atoms with van der Waals surface area (Å²) in [7, 11) is -2.36. The van der Waals surface area contributed by atoms with Gasteiger partial charge in [0.05, 0.1) is 30.0 Å². The number of piperidine rings is 1. The van der Waals surface area contributed by atoms with Gasteiger partial charge < -0.3 is 9.47 Å². The normalized spacial score (nSPS) is 19.6. The Kier molecular flexibility index (Phi) is 7.25. The Labute approximate surface area is 213 Å². The second-order valence-corrected chi connectivity index (χ2v) is 11.9. The first kappa shape index (κ1) is 25.1. The molecule has 3 heterocycles. The van der Waals surface area contributed by atoms with Gasteiger partial charge in [-0.3, -0.25) is 9.69 Å². The molecule has 0 N–H and O–H groups in total. The summed E-state index contributed by atoms with van der Waals surface area (Å²) in [6, 6.07) is 11.0. The molecule has 5 rings (SSSR count). The Bertz CT molecular complexity index is 1350. The number of benzene rings is 2. The highest BCUT2D eigenvalue weighted by atomic mass is 32.2. The number of methoxy groups -OCH3 is 1. The van der Waals surface area contributed by atoms with Crippen LogP contribution in [0.5, 0.6) is 5.75 Å². The molecule has 1 unspecified atom stereocenters. The van der Waals surface area contributed by atoms with Crippen LogP contribution in [0.15, 0.2) is 47.4 Å². The van der Waals surface area contributed by atoms with E-state index >= 15 is 0 Å². The molecule has 192 valence electrons. The van der Waals surface area contributed by atoms with Gasteiger partial charge >= 0.3 is 0 Å². The molecule has 11 heteroatoms. The topological polar surface area (TPSA) is 89.0 Å². The van der Waals surface area contributed by atoms with Gasteiger partial charge in [-0.25, -0.2) is 17.8 Å². The van der Waals surface area contributed by atoms with Crippen molar-refractivity contribution in [3.8, 4) is 5.75 Å². The standard InChI is InChI=1S/C25H28FN3O5S2/c1-33-18-8-9-21-22(15-18)35-25(27-21)29(16-19-5-4-14-34-19)24(30)17-10-12-28(13-11-17)36(31,32)23-7-3-2-6-20(23)26/h2-3,6-9,15,17,19H,4-5,10-14,16H2,1H3. The molecular weight excluding hydrogens is 505 g/mol. The quantitative estimate of drug-likeness (QED) is 0.455. The SMILES string of the molecule is COc1ccc2nc(N(CC3CCCO3)C(=O)C3CCN(S(=O)(=O)c4ccccc4F)CC3)sc2c1. The zero-order chi connectivity index (χ0) is 25.3. The summed E-state index contributed by atoms with van der Waals surface area (Å²) in [6.45, 7) is 1.38. The van der Waals surface area contributed by atoms with E-state index in [0.717, 1.165) is 34.9 Å². The molecule has 2 aromatic carbocycles. The van der Waals surface area contributed by atoms with Crippen molar-refractivity contribution in [2.24, 2.45) is 5.92 Å². The minimum absolute atomic E-state index is 0.0583. The average Bonchev–Trinajstić information content (AvgIpc) is 3.56. The fourth-order valence-electron chi connectivity index (χ4n) is 4.75. The molecule has 0 saturated carbocycles. The van der Waals surface area contributed by atoms with E-state index in [0.29, 0.717) is 31.1 Å². The van der Waals surface area contributed by atoms with E-state index in [2.05, 4.69) is 0 Å². The predicted molar refractivity (Wildman–Crippen MR) is 135 cm³/mol. The van der Waals surface area contributed by atoms with Gasteiger partial charge in [0.15, 0.2) is 5.13 Å². The van der Waals surface area contributed by atoms with Crippen molar-refractivity contribution in [1.29, 1.82) is 0 Å². The molecule has 2 fully saturated rings. The maximum atomic E-state index is 14.2. The number of sulfonamides is 1. The highest BCUT2D eigenvalue weighted by Crippen LogP contribution is 2.34. The summed E-state index contributed by atoms with van der Waals surface area (Å²) < 4.78 is 53.4. The number of halogens is 1. The summed E-state index contributed by atoms with van der Waals surface area (Å²) in [5, 5.41) is 0.597. The van der Waals surface area contributed by atoms with Crippen molar-refractivity contribution < 1.29 is 27.1 Å². The number of hydrogen-bond acceptors (Lipinski definition) is 7. The number of thiazole rings is 1. The molecular formula is C25H28FN3O5S2. The minimum Gasteiger partial charge on any atom is -0.497 e. The summed E-state index contributed by atoms with van der Waals surface area (Å²) in [4.78, 5) is 19.8. The van der Waals surface area contributed by atoms with E-state index in [1.165, 1.54) is 33.8 Å². The Hall–Kier alpha value is -2.60. The van der Waals surface area contributed by atoms with Gasteiger partial charge in [-0.05, 0) is 56.0 Å². The zero-order valence-corrected chi connectivity index (χ0v) is 21.6. The number of ether oxygens (including phenoxy) is 2. The molecule has 2 aliphatic heterocycles. The Morgan fingerprint density at radius 2 is 2.00 bits per heavy atom. The highest BCUT2D eigenvalue weighted by Gasteiger charge is 2.37. The molecule has 1 aromatic heterocycles. The maximum Gasteiger partial charge on any atom is 0.245 e. The Morgan fingerprint density at radius 3 is 2.69 bits per heavy atom. The first-order valence-corrected chi connectivity index (χ1v) is 14.2. The van der Waals surface area contributed by atoms with Gasteiger partial charge in [-0.15, -0.1) is 0 Å². The molecule has 0 aliphatic carbocycles. The lowest BCUT2D eigenvalue weighted by Crippen LogP contribution is -2.46. The lowest BCUT2D eigenvalue weighted by molar-refractivity contribution is -0.123. The van der Waals surface area contributed by atoms with Gasteiger partial charge in [-0.1, -0.05) is 23.5 Å². The molecule has 2 saturated heterocycles. The highest BCUT2D eigenvalue weighted by molar-refractivity contribution is 7.89. The summed E-state index contributed by atoms with van der Waals surface area (Å²) in [6.07, 6.45) is 2.48. The molecule has 1 amide bonds. The van der Waals surface area contributed by atoms with Gasteiger partial charge in [0.2, 0.25) is 15.9 Å². The van der Waals surface area contributed by atoms with Crippen LogP contribution in [0, 0.1) is 11.7 Å². The minimum atomic E-state index is -3.97. The van der Waals surface area contributed by atoms with E-state index < -0.39 is 15.8 Å². The van der Waals surface area contributed by atoms with Crippen LogP contribution >= 0.6 is 11.3 Å². The summed E-state index contributed by atoms with van der Waals surface area (Å²) >= 11 is 1.42. The number of rotatable bonds is 7. The average molecular weight is 534 g/mol. The van der Waals surface area contributed by atoms with Crippen molar-refractivity contribution in [1.82, 2.24) is 9.29 Å². The lowest BCUT2D eigenvalue weighted by Gasteiger charge is -2.33. The fourth-order valence-corrected chi connectivity index (χ4v) is 7.29. The lowest BCUT2D eigenvalue weighted by atomic mass is 9.96. The third-order valence-electron chi connectivity index (χ3n) is 6.75. The van der Waals surface area contributed by atoms with E-state index in [4.69, 9.17) is 14.5 Å². The molecule has 0 bridgehead atoms. The zero-order valence-electron chi connectivity index (χ0n) is 19.9. The van der Waals surface area contributed by atoms with Crippen molar-refractivity contribution in [2.75, 3.05) is 38.3 Å². The number of fused-ring (bicyclic) bond motifs is 1. The largest absolute Gasteiger partial charge is 0.497 e. The molecule has 3 aromatic rings.